The van der Waals surface area contributed by atoms with Crippen LogP contribution in [0.25, 0.3) is 0 Å². The molecule has 1 aromatic rings. The number of hydrogen-bond donors (Lipinski definition) is 3. The van der Waals surface area contributed by atoms with Crippen molar-refractivity contribution >= 4 is 21.9 Å². The molecule has 20 heavy (non-hydrogen) atoms. The van der Waals surface area contributed by atoms with Gasteiger partial charge in [0, 0.05) is 0 Å². The summed E-state index contributed by atoms with van der Waals surface area (Å²) in [6, 6.07) is 1.20. The molecule has 0 radical (unpaired) electrons. The number of carboxylic acids is 1. The Morgan fingerprint density at radius 2 is 1.90 bits per heavy atom. The van der Waals surface area contributed by atoms with E-state index in [2.05, 4.69) is 5.32 Å². The SMILES string of the molecule is CNS(=O)(=O)c1ccc(C(=O)NC(C(=O)O)C(C)C)o1. The molecule has 1 heterocycles. The van der Waals surface area contributed by atoms with Gasteiger partial charge in [-0.15, -0.1) is 0 Å². The highest BCUT2D eigenvalue weighted by Gasteiger charge is 2.26. The minimum Gasteiger partial charge on any atom is -0.480 e. The van der Waals surface area contributed by atoms with E-state index in [1.54, 1.807) is 13.8 Å². The van der Waals surface area contributed by atoms with Crippen LogP contribution < -0.4 is 10.0 Å². The number of carboxylic acid groups (broad SMARTS) is 1. The molecule has 0 aliphatic heterocycles. The highest BCUT2D eigenvalue weighted by Crippen LogP contribution is 2.14. The predicted octanol–water partition coefficient (Wildman–Crippen LogP) is 0.0267. The minimum absolute atomic E-state index is 0.272. The number of amides is 1. The number of sulfonamides is 1. The summed E-state index contributed by atoms with van der Waals surface area (Å²) in [5.74, 6) is -2.57. The largest absolute Gasteiger partial charge is 0.480 e. The van der Waals surface area contributed by atoms with Crippen LogP contribution in [-0.4, -0.2) is 38.5 Å². The van der Waals surface area contributed by atoms with Crippen molar-refractivity contribution in [2.75, 3.05) is 7.05 Å². The maximum atomic E-state index is 11.8. The van der Waals surface area contributed by atoms with E-state index in [4.69, 9.17) is 9.52 Å². The zero-order valence-electron chi connectivity index (χ0n) is 11.2. The zero-order valence-corrected chi connectivity index (χ0v) is 12.0. The highest BCUT2D eigenvalue weighted by atomic mass is 32.2. The van der Waals surface area contributed by atoms with E-state index in [0.29, 0.717) is 0 Å². The highest BCUT2D eigenvalue weighted by molar-refractivity contribution is 7.89. The van der Waals surface area contributed by atoms with Crippen LogP contribution in [0, 0.1) is 5.92 Å². The molecule has 1 atom stereocenters. The van der Waals surface area contributed by atoms with Crippen LogP contribution in [0.15, 0.2) is 21.6 Å². The molecule has 1 amide bonds. The molecular formula is C11H16N2O6S. The molecule has 0 aliphatic rings. The lowest BCUT2D eigenvalue weighted by molar-refractivity contribution is -0.140. The first-order chi connectivity index (χ1) is 9.19. The lowest BCUT2D eigenvalue weighted by Gasteiger charge is -2.16. The Labute approximate surface area is 116 Å². The first-order valence-electron chi connectivity index (χ1n) is 5.76. The third-order valence-corrected chi connectivity index (χ3v) is 3.84. The predicted molar refractivity (Wildman–Crippen MR) is 68.7 cm³/mol. The lowest BCUT2D eigenvalue weighted by atomic mass is 10.0. The van der Waals surface area contributed by atoms with Gasteiger partial charge in [0.15, 0.2) is 5.76 Å². The van der Waals surface area contributed by atoms with Crippen LogP contribution in [0.2, 0.25) is 0 Å². The maximum absolute atomic E-state index is 11.8. The number of rotatable bonds is 6. The van der Waals surface area contributed by atoms with Crippen molar-refractivity contribution in [2.24, 2.45) is 5.92 Å². The third kappa shape index (κ3) is 3.58. The molecule has 1 unspecified atom stereocenters. The van der Waals surface area contributed by atoms with E-state index >= 15 is 0 Å². The number of carbonyl (C=O) groups is 2. The maximum Gasteiger partial charge on any atom is 0.326 e. The monoisotopic (exact) mass is 304 g/mol. The van der Waals surface area contributed by atoms with Crippen molar-refractivity contribution in [3.05, 3.63) is 17.9 Å². The van der Waals surface area contributed by atoms with E-state index in [9.17, 15) is 18.0 Å². The molecule has 0 fully saturated rings. The summed E-state index contributed by atoms with van der Waals surface area (Å²) in [5.41, 5.74) is 0. The summed E-state index contributed by atoms with van der Waals surface area (Å²) in [6.07, 6.45) is 0. The van der Waals surface area contributed by atoms with Gasteiger partial charge in [-0.25, -0.2) is 17.9 Å². The van der Waals surface area contributed by atoms with E-state index < -0.39 is 33.0 Å². The van der Waals surface area contributed by atoms with E-state index in [0.717, 1.165) is 6.07 Å². The number of aliphatic carboxylic acids is 1. The summed E-state index contributed by atoms with van der Waals surface area (Å²) in [6.45, 7) is 3.27. The summed E-state index contributed by atoms with van der Waals surface area (Å²) >= 11 is 0. The fourth-order valence-corrected chi connectivity index (χ4v) is 2.06. The molecule has 1 aromatic heterocycles. The van der Waals surface area contributed by atoms with Crippen molar-refractivity contribution < 1.29 is 27.5 Å². The Kier molecular flexibility index (Phi) is 4.90. The fourth-order valence-electron chi connectivity index (χ4n) is 1.41. The van der Waals surface area contributed by atoms with E-state index in [-0.39, 0.29) is 11.7 Å². The summed E-state index contributed by atoms with van der Waals surface area (Å²) in [7, 11) is -2.58. The minimum atomic E-state index is -3.78. The molecule has 8 nitrogen and oxygen atoms in total. The lowest BCUT2D eigenvalue weighted by Crippen LogP contribution is -2.44. The molecule has 1 rings (SSSR count). The molecule has 0 spiro atoms. The van der Waals surface area contributed by atoms with Gasteiger partial charge >= 0.3 is 5.97 Å². The molecule has 0 bridgehead atoms. The molecule has 9 heteroatoms. The topological polar surface area (TPSA) is 126 Å². The fraction of sp³-hybridized carbons (Fsp3) is 0.455. The Hall–Kier alpha value is -1.87. The number of hydrogen-bond acceptors (Lipinski definition) is 5. The second-order valence-corrected chi connectivity index (χ2v) is 6.18. The zero-order chi connectivity index (χ0) is 15.5. The Morgan fingerprint density at radius 3 is 2.35 bits per heavy atom. The molecule has 0 aromatic carbocycles. The van der Waals surface area contributed by atoms with Gasteiger partial charge in [0.1, 0.15) is 6.04 Å². The van der Waals surface area contributed by atoms with Gasteiger partial charge in [0.05, 0.1) is 0 Å². The average molecular weight is 304 g/mol. The Bertz CT molecular complexity index is 604. The Morgan fingerprint density at radius 1 is 1.30 bits per heavy atom. The van der Waals surface area contributed by atoms with Gasteiger partial charge in [0.25, 0.3) is 15.9 Å². The number of furan rings is 1. The van der Waals surface area contributed by atoms with Gasteiger partial charge < -0.3 is 14.8 Å². The second-order valence-electron chi connectivity index (χ2n) is 4.36. The molecule has 3 N–H and O–H groups in total. The van der Waals surface area contributed by atoms with Crippen LogP contribution in [0.5, 0.6) is 0 Å². The second kappa shape index (κ2) is 6.06. The van der Waals surface area contributed by atoms with Crippen molar-refractivity contribution in [3.8, 4) is 0 Å². The van der Waals surface area contributed by atoms with E-state index in [1.165, 1.54) is 13.1 Å². The van der Waals surface area contributed by atoms with Gasteiger partial charge in [-0.05, 0) is 25.1 Å². The number of carbonyl (C=O) groups excluding carboxylic acids is 1. The van der Waals surface area contributed by atoms with Crippen LogP contribution in [0.1, 0.15) is 24.4 Å². The van der Waals surface area contributed by atoms with Crippen molar-refractivity contribution in [2.45, 2.75) is 25.0 Å². The van der Waals surface area contributed by atoms with Gasteiger partial charge in [-0.1, -0.05) is 13.8 Å². The van der Waals surface area contributed by atoms with Crippen LogP contribution >= 0.6 is 0 Å². The van der Waals surface area contributed by atoms with Gasteiger partial charge in [-0.3, -0.25) is 4.79 Å². The third-order valence-electron chi connectivity index (χ3n) is 2.56. The standard InChI is InChI=1S/C11H16N2O6S/c1-6(2)9(11(15)16)13-10(14)7-4-5-8(19-7)20(17,18)12-3/h4-6,9,12H,1-3H3,(H,13,14)(H,15,16). The summed E-state index contributed by atoms with van der Waals surface area (Å²) in [4.78, 5) is 22.8. The summed E-state index contributed by atoms with van der Waals surface area (Å²) < 4.78 is 29.8. The molecule has 0 aliphatic carbocycles. The first-order valence-corrected chi connectivity index (χ1v) is 7.24. The average Bonchev–Trinajstić information content (AvgIpc) is 2.85. The van der Waals surface area contributed by atoms with Crippen LogP contribution in [0.4, 0.5) is 0 Å². The Balaban J connectivity index is 2.92. The first kappa shape index (κ1) is 16.2. The number of nitrogens with one attached hydrogen (secondary N) is 2. The van der Waals surface area contributed by atoms with Gasteiger partial charge in [0.2, 0.25) is 5.09 Å². The van der Waals surface area contributed by atoms with Crippen LogP contribution in [-0.2, 0) is 14.8 Å². The van der Waals surface area contributed by atoms with Crippen molar-refractivity contribution in [1.29, 1.82) is 0 Å². The molecule has 112 valence electrons. The summed E-state index contributed by atoms with van der Waals surface area (Å²) in [5, 5.41) is 10.8. The van der Waals surface area contributed by atoms with Crippen LogP contribution in [0.3, 0.4) is 0 Å². The normalized spacial score (nSPS) is 13.2. The molecular weight excluding hydrogens is 288 g/mol. The van der Waals surface area contributed by atoms with Crippen molar-refractivity contribution in [3.63, 3.8) is 0 Å². The quantitative estimate of drug-likeness (QED) is 0.680. The van der Waals surface area contributed by atoms with Gasteiger partial charge in [-0.2, -0.15) is 0 Å². The van der Waals surface area contributed by atoms with E-state index in [1.807, 2.05) is 4.72 Å². The molecule has 0 saturated heterocycles. The molecule has 0 saturated carbocycles. The smallest absolute Gasteiger partial charge is 0.326 e. The van der Waals surface area contributed by atoms with Crippen molar-refractivity contribution in [1.82, 2.24) is 10.0 Å².